The summed E-state index contributed by atoms with van der Waals surface area (Å²) in [4.78, 5) is 20.7. The molecule has 1 N–H and O–H groups in total. The highest BCUT2D eigenvalue weighted by Crippen LogP contribution is 2.39. The van der Waals surface area contributed by atoms with Crippen molar-refractivity contribution in [3.63, 3.8) is 0 Å². The number of β-amino-alcohol motifs (C(OH)–C–C–N with tert-alkyl or cyclic N) is 1. The summed E-state index contributed by atoms with van der Waals surface area (Å²) in [7, 11) is 0. The molecule has 1 aliphatic heterocycles. The molecule has 0 aromatic carbocycles. The van der Waals surface area contributed by atoms with Gasteiger partial charge >= 0.3 is 0 Å². The molecular formula is C16H29N3O3. The van der Waals surface area contributed by atoms with Crippen molar-refractivity contribution < 1.29 is 14.7 Å². The van der Waals surface area contributed by atoms with Crippen LogP contribution in [0.2, 0.25) is 0 Å². The highest BCUT2D eigenvalue weighted by Gasteiger charge is 2.56. The summed E-state index contributed by atoms with van der Waals surface area (Å²) in [5, 5.41) is 20.2. The van der Waals surface area contributed by atoms with E-state index in [9.17, 15) is 15.2 Å². The maximum absolute atomic E-state index is 13.0. The van der Waals surface area contributed by atoms with E-state index in [1.165, 1.54) is 0 Å². The Labute approximate surface area is 133 Å². The maximum Gasteiger partial charge on any atom is 0.245 e. The van der Waals surface area contributed by atoms with Gasteiger partial charge in [0, 0.05) is 13.1 Å². The van der Waals surface area contributed by atoms with Crippen molar-refractivity contribution in [3.05, 3.63) is 0 Å². The lowest BCUT2D eigenvalue weighted by molar-refractivity contribution is -0.319. The molecule has 0 saturated carbocycles. The summed E-state index contributed by atoms with van der Waals surface area (Å²) >= 11 is 0. The average Bonchev–Trinajstić information content (AvgIpc) is 2.46. The van der Waals surface area contributed by atoms with Gasteiger partial charge in [-0.2, -0.15) is 10.3 Å². The summed E-state index contributed by atoms with van der Waals surface area (Å²) < 4.78 is 0. The third kappa shape index (κ3) is 3.27. The number of carbonyl (C=O) groups excluding carboxylic acids is 1. The van der Waals surface area contributed by atoms with Gasteiger partial charge in [-0.05, 0) is 40.5 Å². The molecule has 126 valence electrons. The zero-order chi connectivity index (χ0) is 17.2. The predicted molar refractivity (Wildman–Crippen MR) is 83.7 cm³/mol. The van der Waals surface area contributed by atoms with Gasteiger partial charge in [-0.1, -0.05) is 13.8 Å². The predicted octanol–water partition coefficient (Wildman–Crippen LogP) is 1.69. The van der Waals surface area contributed by atoms with Gasteiger partial charge in [0.25, 0.3) is 0 Å². The minimum atomic E-state index is -1.01. The van der Waals surface area contributed by atoms with Crippen LogP contribution in [0.5, 0.6) is 0 Å². The normalized spacial score (nSPS) is 21.7. The van der Waals surface area contributed by atoms with Crippen molar-refractivity contribution in [1.29, 1.82) is 5.26 Å². The molecule has 1 amide bonds. The van der Waals surface area contributed by atoms with Crippen LogP contribution in [-0.2, 0) is 9.63 Å². The first kappa shape index (κ1) is 18.9. The smallest absolute Gasteiger partial charge is 0.245 e. The highest BCUT2D eigenvalue weighted by molar-refractivity contribution is 5.87. The Hall–Kier alpha value is -1.16. The minimum Gasteiger partial charge on any atom is -0.395 e. The van der Waals surface area contributed by atoms with Gasteiger partial charge in [-0.15, -0.1) is 0 Å². The summed E-state index contributed by atoms with van der Waals surface area (Å²) in [6, 6.07) is 2.13. The van der Waals surface area contributed by atoms with Gasteiger partial charge in [-0.3, -0.25) is 9.63 Å². The second kappa shape index (κ2) is 6.53. The Balaban J connectivity index is 3.32. The van der Waals surface area contributed by atoms with Crippen LogP contribution in [0.3, 0.4) is 0 Å². The van der Waals surface area contributed by atoms with E-state index in [1.807, 2.05) is 27.7 Å². The molecule has 6 nitrogen and oxygen atoms in total. The molecule has 1 rings (SSSR count). The van der Waals surface area contributed by atoms with Crippen molar-refractivity contribution in [2.24, 2.45) is 0 Å². The summed E-state index contributed by atoms with van der Waals surface area (Å²) in [5.74, 6) is -0.0420. The first-order chi connectivity index (χ1) is 10.1. The van der Waals surface area contributed by atoms with Crippen molar-refractivity contribution in [2.45, 2.75) is 71.1 Å². The van der Waals surface area contributed by atoms with Crippen LogP contribution in [0, 0.1) is 11.3 Å². The number of aliphatic hydroxyl groups is 1. The number of nitriles is 1. The van der Waals surface area contributed by atoms with Crippen LogP contribution < -0.4 is 0 Å². The van der Waals surface area contributed by atoms with Crippen molar-refractivity contribution >= 4 is 5.91 Å². The first-order valence-corrected chi connectivity index (χ1v) is 7.91. The molecule has 0 atom stereocenters. The van der Waals surface area contributed by atoms with Crippen LogP contribution in [0.1, 0.15) is 54.4 Å². The Bertz CT molecular complexity index is 450. The zero-order valence-corrected chi connectivity index (χ0v) is 14.6. The number of amides is 1. The molecule has 0 radical (unpaired) electrons. The van der Waals surface area contributed by atoms with E-state index >= 15 is 0 Å². The topological polar surface area (TPSA) is 76.8 Å². The van der Waals surface area contributed by atoms with E-state index in [2.05, 4.69) is 6.07 Å². The standard InChI is InChI=1S/C16H29N3O3/c1-7-16(8-2)13(21)18(9-10-20)12-14(3,4)19(16)22-15(5,6)11-17/h20H,7-10,12H2,1-6H3. The van der Waals surface area contributed by atoms with Gasteiger partial charge < -0.3 is 10.0 Å². The fourth-order valence-electron chi connectivity index (χ4n) is 3.16. The molecule has 1 aliphatic rings. The van der Waals surface area contributed by atoms with Crippen LogP contribution in [0.4, 0.5) is 0 Å². The van der Waals surface area contributed by atoms with Crippen molar-refractivity contribution in [2.75, 3.05) is 19.7 Å². The van der Waals surface area contributed by atoms with E-state index in [1.54, 1.807) is 23.8 Å². The van der Waals surface area contributed by atoms with E-state index < -0.39 is 16.7 Å². The minimum absolute atomic E-state index is 0.0420. The molecule has 6 heteroatoms. The molecule has 1 saturated heterocycles. The molecule has 0 aromatic heterocycles. The molecule has 1 heterocycles. The summed E-state index contributed by atoms with van der Waals surface area (Å²) in [6.07, 6.45) is 1.16. The molecule has 0 aliphatic carbocycles. The van der Waals surface area contributed by atoms with Gasteiger partial charge in [0.2, 0.25) is 5.91 Å². The fraction of sp³-hybridized carbons (Fsp3) is 0.875. The highest BCUT2D eigenvalue weighted by atomic mass is 16.7. The van der Waals surface area contributed by atoms with Gasteiger partial charge in [0.05, 0.1) is 18.2 Å². The van der Waals surface area contributed by atoms with E-state index in [-0.39, 0.29) is 12.5 Å². The number of nitrogens with zero attached hydrogens (tertiary/aromatic N) is 3. The van der Waals surface area contributed by atoms with Gasteiger partial charge in [0.1, 0.15) is 5.54 Å². The number of hydrogen-bond acceptors (Lipinski definition) is 5. The van der Waals surface area contributed by atoms with Crippen molar-refractivity contribution in [3.8, 4) is 6.07 Å². The van der Waals surface area contributed by atoms with E-state index in [0.29, 0.717) is 25.9 Å². The van der Waals surface area contributed by atoms with Gasteiger partial charge in [-0.25, -0.2) is 0 Å². The Morgan fingerprint density at radius 3 is 2.32 bits per heavy atom. The van der Waals surface area contributed by atoms with Crippen LogP contribution in [-0.4, -0.2) is 57.4 Å². The fourth-order valence-corrected chi connectivity index (χ4v) is 3.16. The Kier molecular flexibility index (Phi) is 5.61. The third-order valence-corrected chi connectivity index (χ3v) is 4.33. The maximum atomic E-state index is 13.0. The monoisotopic (exact) mass is 311 g/mol. The van der Waals surface area contributed by atoms with Crippen LogP contribution in [0.15, 0.2) is 0 Å². The molecule has 0 spiro atoms. The number of piperazine rings is 1. The number of hydroxylamine groups is 2. The third-order valence-electron chi connectivity index (χ3n) is 4.33. The van der Waals surface area contributed by atoms with Crippen LogP contribution >= 0.6 is 0 Å². The number of rotatable bonds is 6. The zero-order valence-electron chi connectivity index (χ0n) is 14.6. The second-order valence-corrected chi connectivity index (χ2v) is 7.01. The molecular weight excluding hydrogens is 282 g/mol. The Morgan fingerprint density at radius 1 is 1.36 bits per heavy atom. The first-order valence-electron chi connectivity index (χ1n) is 7.91. The Morgan fingerprint density at radius 2 is 1.91 bits per heavy atom. The molecule has 0 unspecified atom stereocenters. The van der Waals surface area contributed by atoms with Crippen LogP contribution in [0.25, 0.3) is 0 Å². The van der Waals surface area contributed by atoms with Gasteiger partial charge in [0.15, 0.2) is 5.60 Å². The number of hydrogen-bond donors (Lipinski definition) is 1. The number of aliphatic hydroxyl groups excluding tert-OH is 1. The van der Waals surface area contributed by atoms with E-state index in [0.717, 1.165) is 0 Å². The average molecular weight is 311 g/mol. The van der Waals surface area contributed by atoms with E-state index in [4.69, 9.17) is 4.84 Å². The molecule has 0 aromatic rings. The second-order valence-electron chi connectivity index (χ2n) is 7.01. The lowest BCUT2D eigenvalue weighted by Gasteiger charge is -2.57. The molecule has 22 heavy (non-hydrogen) atoms. The summed E-state index contributed by atoms with van der Waals surface area (Å²) in [5.41, 5.74) is -2.28. The number of carbonyl (C=O) groups is 1. The quantitative estimate of drug-likeness (QED) is 0.808. The SMILES string of the molecule is CCC1(CC)C(=O)N(CCO)CC(C)(C)N1OC(C)(C)C#N. The lowest BCUT2D eigenvalue weighted by Crippen LogP contribution is -2.73. The lowest BCUT2D eigenvalue weighted by atomic mass is 9.82. The summed E-state index contributed by atoms with van der Waals surface area (Å²) in [6.45, 7) is 12.0. The largest absolute Gasteiger partial charge is 0.395 e. The molecule has 0 bridgehead atoms. The molecule has 1 fully saturated rings. The van der Waals surface area contributed by atoms with Crippen molar-refractivity contribution in [1.82, 2.24) is 9.96 Å².